The minimum atomic E-state index is -0.270. The first kappa shape index (κ1) is 13.5. The molecule has 2 fully saturated rings. The molecule has 20 heavy (non-hydrogen) atoms. The molecular formula is C15H21N3O2. The summed E-state index contributed by atoms with van der Waals surface area (Å²) in [5.74, 6) is 0. The van der Waals surface area contributed by atoms with Crippen molar-refractivity contribution >= 4 is 5.69 Å². The third kappa shape index (κ3) is 2.69. The molecule has 2 saturated heterocycles. The van der Waals surface area contributed by atoms with Gasteiger partial charge in [0.2, 0.25) is 0 Å². The highest BCUT2D eigenvalue weighted by atomic mass is 16.6. The molecule has 0 spiro atoms. The van der Waals surface area contributed by atoms with Crippen LogP contribution < -0.4 is 5.32 Å². The van der Waals surface area contributed by atoms with Crippen molar-refractivity contribution in [2.75, 3.05) is 13.1 Å². The van der Waals surface area contributed by atoms with E-state index in [1.165, 1.54) is 25.7 Å². The smallest absolute Gasteiger partial charge is 0.273 e. The second-order valence-corrected chi connectivity index (χ2v) is 5.77. The van der Waals surface area contributed by atoms with Gasteiger partial charge in [-0.3, -0.25) is 15.0 Å². The van der Waals surface area contributed by atoms with Crippen LogP contribution in [0.2, 0.25) is 0 Å². The van der Waals surface area contributed by atoms with Gasteiger partial charge in [-0.25, -0.2) is 0 Å². The maximum atomic E-state index is 11.1. The molecule has 5 nitrogen and oxygen atoms in total. The highest BCUT2D eigenvalue weighted by Gasteiger charge is 2.33. The Bertz CT molecular complexity index is 486. The van der Waals surface area contributed by atoms with Crippen LogP contribution in [0.4, 0.5) is 5.69 Å². The van der Waals surface area contributed by atoms with E-state index in [-0.39, 0.29) is 10.6 Å². The Morgan fingerprint density at radius 1 is 1.30 bits per heavy atom. The summed E-state index contributed by atoms with van der Waals surface area (Å²) in [7, 11) is 0. The highest BCUT2D eigenvalue weighted by Crippen LogP contribution is 2.28. The average Bonchev–Trinajstić information content (AvgIpc) is 3.09. The second-order valence-electron chi connectivity index (χ2n) is 5.77. The van der Waals surface area contributed by atoms with Crippen LogP contribution in [0.15, 0.2) is 24.3 Å². The van der Waals surface area contributed by atoms with Crippen molar-refractivity contribution in [2.45, 2.75) is 44.3 Å². The maximum absolute atomic E-state index is 11.1. The molecule has 5 heteroatoms. The summed E-state index contributed by atoms with van der Waals surface area (Å²) >= 11 is 0. The molecule has 2 atom stereocenters. The monoisotopic (exact) mass is 275 g/mol. The Morgan fingerprint density at radius 2 is 2.15 bits per heavy atom. The number of nitro groups is 1. The fraction of sp³-hybridized carbons (Fsp3) is 0.600. The molecule has 1 N–H and O–H groups in total. The van der Waals surface area contributed by atoms with E-state index in [1.54, 1.807) is 12.1 Å². The molecule has 2 aliphatic heterocycles. The molecule has 1 aromatic carbocycles. The molecule has 0 aromatic heterocycles. The van der Waals surface area contributed by atoms with Crippen LogP contribution in [-0.4, -0.2) is 35.0 Å². The topological polar surface area (TPSA) is 58.4 Å². The standard InChI is InChI=1S/C15H21N3O2/c19-18(20)14-7-2-1-5-12(14)11-17-10-4-8-15(17)13-6-3-9-16-13/h1-2,5,7,13,15-16H,3-4,6,8-11H2. The first-order chi connectivity index (χ1) is 9.75. The van der Waals surface area contributed by atoms with Crippen LogP contribution in [-0.2, 0) is 6.54 Å². The van der Waals surface area contributed by atoms with Crippen molar-refractivity contribution in [2.24, 2.45) is 0 Å². The molecule has 0 radical (unpaired) electrons. The molecular weight excluding hydrogens is 254 g/mol. The normalized spacial score (nSPS) is 27.0. The summed E-state index contributed by atoms with van der Waals surface area (Å²) in [6.45, 7) is 2.86. The van der Waals surface area contributed by atoms with Gasteiger partial charge in [-0.1, -0.05) is 18.2 Å². The number of benzene rings is 1. The van der Waals surface area contributed by atoms with Crippen molar-refractivity contribution in [3.05, 3.63) is 39.9 Å². The molecule has 0 aliphatic carbocycles. The Morgan fingerprint density at radius 3 is 2.90 bits per heavy atom. The number of nitro benzene ring substituents is 1. The molecule has 0 bridgehead atoms. The predicted octanol–water partition coefficient (Wildman–Crippen LogP) is 2.31. The van der Waals surface area contributed by atoms with E-state index in [2.05, 4.69) is 10.2 Å². The molecule has 2 heterocycles. The van der Waals surface area contributed by atoms with Crippen LogP contribution in [0.25, 0.3) is 0 Å². The van der Waals surface area contributed by atoms with Crippen LogP contribution in [0, 0.1) is 10.1 Å². The molecule has 0 amide bonds. The van der Waals surface area contributed by atoms with Gasteiger partial charge in [0.1, 0.15) is 0 Å². The van der Waals surface area contributed by atoms with Crippen LogP contribution in [0.1, 0.15) is 31.2 Å². The summed E-state index contributed by atoms with van der Waals surface area (Å²) in [5, 5.41) is 14.7. The molecule has 3 rings (SSSR count). The summed E-state index contributed by atoms with van der Waals surface area (Å²) in [5.41, 5.74) is 1.08. The lowest BCUT2D eigenvalue weighted by atomic mass is 10.0. The van der Waals surface area contributed by atoms with Gasteiger partial charge in [-0.05, 0) is 38.8 Å². The SMILES string of the molecule is O=[N+]([O-])c1ccccc1CN1CCCC1C1CCCN1. The van der Waals surface area contributed by atoms with E-state index >= 15 is 0 Å². The summed E-state index contributed by atoms with van der Waals surface area (Å²) in [4.78, 5) is 13.3. The van der Waals surface area contributed by atoms with Crippen molar-refractivity contribution in [3.8, 4) is 0 Å². The number of nitrogens with one attached hydrogen (secondary N) is 1. The van der Waals surface area contributed by atoms with Gasteiger partial charge >= 0.3 is 0 Å². The van der Waals surface area contributed by atoms with Crippen molar-refractivity contribution < 1.29 is 4.92 Å². The lowest BCUT2D eigenvalue weighted by Gasteiger charge is -2.29. The highest BCUT2D eigenvalue weighted by molar-refractivity contribution is 5.39. The predicted molar refractivity (Wildman–Crippen MR) is 77.6 cm³/mol. The fourth-order valence-electron chi connectivity index (χ4n) is 3.59. The van der Waals surface area contributed by atoms with Gasteiger partial charge in [0.05, 0.1) is 4.92 Å². The Hall–Kier alpha value is -1.46. The van der Waals surface area contributed by atoms with Gasteiger partial charge < -0.3 is 5.32 Å². The van der Waals surface area contributed by atoms with E-state index in [9.17, 15) is 10.1 Å². The van der Waals surface area contributed by atoms with E-state index in [0.717, 1.165) is 18.7 Å². The van der Waals surface area contributed by atoms with E-state index < -0.39 is 0 Å². The Kier molecular flexibility index (Phi) is 3.98. The van der Waals surface area contributed by atoms with Crippen LogP contribution in [0.5, 0.6) is 0 Å². The lowest BCUT2D eigenvalue weighted by Crippen LogP contribution is -2.43. The van der Waals surface area contributed by atoms with Crippen LogP contribution >= 0.6 is 0 Å². The summed E-state index contributed by atoms with van der Waals surface area (Å²) < 4.78 is 0. The largest absolute Gasteiger partial charge is 0.312 e. The quantitative estimate of drug-likeness (QED) is 0.676. The fourth-order valence-corrected chi connectivity index (χ4v) is 3.59. The molecule has 0 saturated carbocycles. The second kappa shape index (κ2) is 5.89. The first-order valence-electron chi connectivity index (χ1n) is 7.45. The molecule has 1 aromatic rings. The van der Waals surface area contributed by atoms with Crippen molar-refractivity contribution in [1.82, 2.24) is 10.2 Å². The number of likely N-dealkylation sites (tertiary alicyclic amines) is 1. The number of nitrogens with zero attached hydrogens (tertiary/aromatic N) is 2. The number of hydrogen-bond acceptors (Lipinski definition) is 4. The third-order valence-corrected chi connectivity index (χ3v) is 4.54. The lowest BCUT2D eigenvalue weighted by molar-refractivity contribution is -0.385. The zero-order valence-electron chi connectivity index (χ0n) is 11.6. The molecule has 108 valence electrons. The van der Waals surface area contributed by atoms with E-state index in [1.807, 2.05) is 12.1 Å². The van der Waals surface area contributed by atoms with E-state index in [0.29, 0.717) is 18.6 Å². The van der Waals surface area contributed by atoms with Gasteiger partial charge in [0.15, 0.2) is 0 Å². The minimum absolute atomic E-state index is 0.248. The summed E-state index contributed by atoms with van der Waals surface area (Å²) in [6.07, 6.45) is 4.89. The third-order valence-electron chi connectivity index (χ3n) is 4.54. The van der Waals surface area contributed by atoms with Crippen molar-refractivity contribution in [1.29, 1.82) is 0 Å². The van der Waals surface area contributed by atoms with Gasteiger partial charge in [0.25, 0.3) is 5.69 Å². The Balaban J connectivity index is 1.75. The molecule has 2 unspecified atom stereocenters. The van der Waals surface area contributed by atoms with Crippen molar-refractivity contribution in [3.63, 3.8) is 0 Å². The molecule has 2 aliphatic rings. The van der Waals surface area contributed by atoms with Crippen LogP contribution in [0.3, 0.4) is 0 Å². The average molecular weight is 275 g/mol. The van der Waals surface area contributed by atoms with E-state index in [4.69, 9.17) is 0 Å². The minimum Gasteiger partial charge on any atom is -0.312 e. The zero-order chi connectivity index (χ0) is 13.9. The zero-order valence-corrected chi connectivity index (χ0v) is 11.6. The number of rotatable bonds is 4. The summed E-state index contributed by atoms with van der Waals surface area (Å²) in [6, 6.07) is 8.23. The van der Waals surface area contributed by atoms with Gasteiger partial charge in [-0.15, -0.1) is 0 Å². The number of para-hydroxylation sites is 1. The van der Waals surface area contributed by atoms with Gasteiger partial charge in [-0.2, -0.15) is 0 Å². The van der Waals surface area contributed by atoms with Gasteiger partial charge in [0, 0.05) is 30.3 Å². The first-order valence-corrected chi connectivity index (χ1v) is 7.45. The number of hydrogen-bond donors (Lipinski definition) is 1. The maximum Gasteiger partial charge on any atom is 0.273 e. The Labute approximate surface area is 119 Å².